The highest BCUT2D eigenvalue weighted by Crippen LogP contribution is 2.55. The average molecular weight is 339 g/mol. The molecule has 0 amide bonds. The zero-order valence-corrected chi connectivity index (χ0v) is 14.7. The molecule has 0 saturated heterocycles. The lowest BCUT2D eigenvalue weighted by molar-refractivity contribution is 0.174. The first kappa shape index (κ1) is 14.9. The Balaban J connectivity index is 1.86. The van der Waals surface area contributed by atoms with Gasteiger partial charge in [0, 0.05) is 18.2 Å². The minimum Gasteiger partial charge on any atom is -0.504 e. The molecule has 1 unspecified atom stereocenters. The molecule has 5 heteroatoms. The zero-order chi connectivity index (χ0) is 17.3. The van der Waals surface area contributed by atoms with Crippen LogP contribution in [-0.4, -0.2) is 37.5 Å². The van der Waals surface area contributed by atoms with Crippen molar-refractivity contribution in [1.29, 1.82) is 0 Å². The third-order valence-electron chi connectivity index (χ3n) is 5.90. The molecule has 2 aromatic carbocycles. The van der Waals surface area contributed by atoms with Crippen molar-refractivity contribution in [3.05, 3.63) is 34.4 Å². The smallest absolute Gasteiger partial charge is 0.231 e. The van der Waals surface area contributed by atoms with E-state index < -0.39 is 0 Å². The Morgan fingerprint density at radius 3 is 2.76 bits per heavy atom. The van der Waals surface area contributed by atoms with E-state index in [2.05, 4.69) is 18.0 Å². The van der Waals surface area contributed by atoms with E-state index in [-0.39, 0.29) is 18.6 Å². The van der Waals surface area contributed by atoms with Crippen LogP contribution in [0.1, 0.15) is 28.3 Å². The summed E-state index contributed by atoms with van der Waals surface area (Å²) in [6, 6.07) is 4.34. The molecule has 1 aliphatic carbocycles. The number of ether oxygens (including phenoxy) is 3. The predicted molar refractivity (Wildman–Crippen MR) is 93.7 cm³/mol. The molecular formula is C20H21NO4. The van der Waals surface area contributed by atoms with Crippen molar-refractivity contribution in [3.8, 4) is 34.1 Å². The maximum Gasteiger partial charge on any atom is 0.231 e. The van der Waals surface area contributed by atoms with Gasteiger partial charge in [-0.25, -0.2) is 0 Å². The number of likely N-dealkylation sites (N-methyl/N-ethyl adjacent to an activating group) is 1. The molecule has 0 fully saturated rings. The molecule has 0 spiro atoms. The minimum atomic E-state index is 0.235. The van der Waals surface area contributed by atoms with E-state index in [0.29, 0.717) is 5.75 Å². The lowest BCUT2D eigenvalue weighted by Gasteiger charge is -2.41. The van der Waals surface area contributed by atoms with Gasteiger partial charge in [-0.15, -0.1) is 0 Å². The second-order valence-electron chi connectivity index (χ2n) is 7.09. The highest BCUT2D eigenvalue weighted by atomic mass is 16.7. The standard InChI is InChI=1S/C20H21NO4/c1-10-12-4-5-21(2)14-6-11-7-15-16(25-9-24-15)8-13(11)18(17(12)14)19(22)20(10)23-3/h7-8,14,22H,4-6,9H2,1-3H3. The molecule has 0 aromatic heterocycles. The van der Waals surface area contributed by atoms with Crippen molar-refractivity contribution < 1.29 is 19.3 Å². The fourth-order valence-corrected chi connectivity index (χ4v) is 4.64. The van der Waals surface area contributed by atoms with Gasteiger partial charge in [-0.1, -0.05) is 0 Å². The van der Waals surface area contributed by atoms with Crippen molar-refractivity contribution in [2.24, 2.45) is 0 Å². The molecule has 130 valence electrons. The fraction of sp³-hybridized carbons (Fsp3) is 0.400. The van der Waals surface area contributed by atoms with Crippen molar-refractivity contribution in [2.45, 2.75) is 25.8 Å². The second kappa shape index (κ2) is 5.05. The number of fused-ring (bicyclic) bond motifs is 3. The van der Waals surface area contributed by atoms with Crippen LogP contribution in [-0.2, 0) is 12.8 Å². The second-order valence-corrected chi connectivity index (χ2v) is 7.09. The van der Waals surface area contributed by atoms with Gasteiger partial charge in [0.1, 0.15) is 0 Å². The summed E-state index contributed by atoms with van der Waals surface area (Å²) in [4.78, 5) is 2.38. The molecule has 0 radical (unpaired) electrons. The molecular weight excluding hydrogens is 318 g/mol. The Labute approximate surface area is 146 Å². The van der Waals surface area contributed by atoms with Crippen LogP contribution >= 0.6 is 0 Å². The van der Waals surface area contributed by atoms with Crippen molar-refractivity contribution >= 4 is 0 Å². The number of methoxy groups -OCH3 is 1. The summed E-state index contributed by atoms with van der Waals surface area (Å²) >= 11 is 0. The van der Waals surface area contributed by atoms with Crippen LogP contribution in [0.25, 0.3) is 11.1 Å². The Hall–Kier alpha value is -2.40. The third-order valence-corrected chi connectivity index (χ3v) is 5.90. The summed E-state index contributed by atoms with van der Waals surface area (Å²) in [5.41, 5.74) is 6.73. The average Bonchev–Trinajstić information content (AvgIpc) is 3.05. The highest BCUT2D eigenvalue weighted by Gasteiger charge is 2.38. The Morgan fingerprint density at radius 2 is 2.00 bits per heavy atom. The number of rotatable bonds is 1. The summed E-state index contributed by atoms with van der Waals surface area (Å²) in [6.45, 7) is 3.31. The van der Waals surface area contributed by atoms with E-state index in [1.54, 1.807) is 7.11 Å². The molecule has 2 aliphatic heterocycles. The summed E-state index contributed by atoms with van der Waals surface area (Å²) in [5.74, 6) is 2.36. The molecule has 1 N–H and O–H groups in total. The number of nitrogens with zero attached hydrogens (tertiary/aromatic N) is 1. The van der Waals surface area contributed by atoms with Gasteiger partial charge in [0.15, 0.2) is 23.0 Å². The van der Waals surface area contributed by atoms with E-state index in [4.69, 9.17) is 14.2 Å². The Morgan fingerprint density at radius 1 is 1.24 bits per heavy atom. The number of phenols is 1. The van der Waals surface area contributed by atoms with E-state index >= 15 is 0 Å². The number of phenolic OH excluding ortho intramolecular Hbond substituents is 1. The van der Waals surface area contributed by atoms with E-state index in [9.17, 15) is 5.11 Å². The topological polar surface area (TPSA) is 51.2 Å². The fourth-order valence-electron chi connectivity index (χ4n) is 4.64. The predicted octanol–water partition coefficient (Wildman–Crippen LogP) is 3.19. The van der Waals surface area contributed by atoms with Crippen LogP contribution in [0.5, 0.6) is 23.0 Å². The highest BCUT2D eigenvalue weighted by molar-refractivity contribution is 5.85. The van der Waals surface area contributed by atoms with E-state index in [1.807, 2.05) is 13.0 Å². The molecule has 25 heavy (non-hydrogen) atoms. The monoisotopic (exact) mass is 339 g/mol. The maximum atomic E-state index is 11.0. The number of hydrogen-bond donors (Lipinski definition) is 1. The van der Waals surface area contributed by atoms with Gasteiger partial charge in [-0.3, -0.25) is 4.90 Å². The molecule has 1 atom stereocenters. The van der Waals surface area contributed by atoms with Crippen molar-refractivity contribution in [3.63, 3.8) is 0 Å². The van der Waals surface area contributed by atoms with E-state index in [0.717, 1.165) is 47.6 Å². The van der Waals surface area contributed by atoms with Crippen LogP contribution < -0.4 is 14.2 Å². The first-order valence-electron chi connectivity index (χ1n) is 8.65. The van der Waals surface area contributed by atoms with Crippen LogP contribution in [0.4, 0.5) is 0 Å². The number of benzene rings is 2. The zero-order valence-electron chi connectivity index (χ0n) is 14.7. The normalized spacial score (nSPS) is 20.2. The summed E-state index contributed by atoms with van der Waals surface area (Å²) < 4.78 is 16.7. The van der Waals surface area contributed by atoms with E-state index in [1.165, 1.54) is 16.7 Å². The maximum absolute atomic E-state index is 11.0. The lowest BCUT2D eigenvalue weighted by Crippen LogP contribution is -2.36. The van der Waals surface area contributed by atoms with Gasteiger partial charge in [-0.05, 0) is 66.8 Å². The quantitative estimate of drug-likeness (QED) is 0.865. The molecule has 3 aliphatic rings. The number of aromatic hydroxyl groups is 1. The van der Waals surface area contributed by atoms with Gasteiger partial charge in [-0.2, -0.15) is 0 Å². The Bertz CT molecular complexity index is 906. The molecule has 2 aromatic rings. The van der Waals surface area contributed by atoms with Gasteiger partial charge in [0.2, 0.25) is 6.79 Å². The van der Waals surface area contributed by atoms with Crippen LogP contribution in [0.2, 0.25) is 0 Å². The number of hydrogen-bond acceptors (Lipinski definition) is 5. The van der Waals surface area contributed by atoms with Gasteiger partial charge >= 0.3 is 0 Å². The largest absolute Gasteiger partial charge is 0.504 e. The first-order valence-corrected chi connectivity index (χ1v) is 8.65. The SMILES string of the molecule is COc1c(C)c2c3c(c1O)-c1cc4c(cc1CC3N(C)CC2)OCO4. The van der Waals surface area contributed by atoms with Crippen LogP contribution in [0.15, 0.2) is 12.1 Å². The molecule has 5 nitrogen and oxygen atoms in total. The summed E-state index contributed by atoms with van der Waals surface area (Å²) in [6.07, 6.45) is 1.88. The summed E-state index contributed by atoms with van der Waals surface area (Å²) in [7, 11) is 3.78. The third kappa shape index (κ3) is 1.87. The Kier molecular flexibility index (Phi) is 3.01. The van der Waals surface area contributed by atoms with Gasteiger partial charge in [0.05, 0.1) is 7.11 Å². The minimum absolute atomic E-state index is 0.235. The van der Waals surface area contributed by atoms with Crippen molar-refractivity contribution in [2.75, 3.05) is 27.5 Å². The lowest BCUT2D eigenvalue weighted by atomic mass is 9.75. The van der Waals surface area contributed by atoms with Crippen LogP contribution in [0.3, 0.4) is 0 Å². The van der Waals surface area contributed by atoms with Gasteiger partial charge < -0.3 is 19.3 Å². The molecule has 0 bridgehead atoms. The molecule has 0 saturated carbocycles. The molecule has 2 heterocycles. The van der Waals surface area contributed by atoms with Crippen LogP contribution in [0, 0.1) is 6.92 Å². The first-order chi connectivity index (χ1) is 12.1. The van der Waals surface area contributed by atoms with Crippen molar-refractivity contribution in [1.82, 2.24) is 4.90 Å². The summed E-state index contributed by atoms with van der Waals surface area (Å²) in [5, 5.41) is 11.0. The molecule has 5 rings (SSSR count). The van der Waals surface area contributed by atoms with Gasteiger partial charge in [0.25, 0.3) is 0 Å².